The molecule has 11 nitrogen and oxygen atoms in total. The molecule has 1 unspecified atom stereocenters. The molecule has 4 rings (SSSR count). The summed E-state index contributed by atoms with van der Waals surface area (Å²) >= 11 is 1.34. The lowest BCUT2D eigenvalue weighted by molar-refractivity contribution is -0.115. The Morgan fingerprint density at radius 1 is 1.07 bits per heavy atom. The average Bonchev–Trinajstić information content (AvgIpc) is 3.38. The number of hydrogen-bond donors (Lipinski definition) is 3. The van der Waals surface area contributed by atoms with Crippen LogP contribution in [0.25, 0.3) is 10.2 Å². The van der Waals surface area contributed by atoms with Gasteiger partial charge in [0.15, 0.2) is 0 Å². The molecule has 3 N–H and O–H groups in total. The first-order chi connectivity index (χ1) is 20.3. The second-order valence-corrected chi connectivity index (χ2v) is 13.3. The summed E-state index contributed by atoms with van der Waals surface area (Å²) in [6.07, 6.45) is -0.513. The van der Waals surface area contributed by atoms with Crippen LogP contribution in [0.15, 0.2) is 71.6 Å². The maximum Gasteiger partial charge on any atom is 0.408 e. The number of nitriles is 1. The van der Waals surface area contributed by atoms with Crippen molar-refractivity contribution in [2.24, 2.45) is 0 Å². The van der Waals surface area contributed by atoms with Gasteiger partial charge in [-0.05, 0) is 81.3 Å². The predicted molar refractivity (Wildman–Crippen MR) is 163 cm³/mol. The number of hydrogen-bond acceptors (Lipinski definition) is 9. The average molecular weight is 622 g/mol. The van der Waals surface area contributed by atoms with Crippen LogP contribution in [0.4, 0.5) is 10.5 Å². The summed E-state index contributed by atoms with van der Waals surface area (Å²) in [4.78, 5) is 28.9. The quantitative estimate of drug-likeness (QED) is 0.225. The summed E-state index contributed by atoms with van der Waals surface area (Å²) in [5.74, 6) is 0.0928. The van der Waals surface area contributed by atoms with Gasteiger partial charge in [-0.1, -0.05) is 18.2 Å². The third kappa shape index (κ3) is 8.74. The van der Waals surface area contributed by atoms with Crippen LogP contribution < -0.4 is 20.1 Å². The van der Waals surface area contributed by atoms with E-state index in [2.05, 4.69) is 26.4 Å². The molecule has 43 heavy (non-hydrogen) atoms. The van der Waals surface area contributed by atoms with Gasteiger partial charge in [0.25, 0.3) is 0 Å². The van der Waals surface area contributed by atoms with Crippen LogP contribution in [0.1, 0.15) is 42.9 Å². The molecule has 4 aromatic rings. The van der Waals surface area contributed by atoms with E-state index in [0.29, 0.717) is 21.8 Å². The van der Waals surface area contributed by atoms with Crippen LogP contribution in [0.2, 0.25) is 0 Å². The van der Waals surface area contributed by atoms with Crippen molar-refractivity contribution in [3.05, 3.63) is 82.9 Å². The number of thiazole rings is 1. The molecule has 1 heterocycles. The van der Waals surface area contributed by atoms with Gasteiger partial charge in [0.05, 0.1) is 39.9 Å². The SMILES string of the molecule is COc1ccc2nc(C(Cc3cccc(C#N)c3)NS(=O)(=O)c3cccc(NC(=O)CNC(=O)OC(C)(C)C)c3)sc2c1. The zero-order valence-electron chi connectivity index (χ0n) is 24.0. The number of aromatic nitrogens is 1. The Balaban J connectivity index is 1.56. The van der Waals surface area contributed by atoms with E-state index in [1.54, 1.807) is 58.2 Å². The van der Waals surface area contributed by atoms with Crippen molar-refractivity contribution >= 4 is 49.3 Å². The summed E-state index contributed by atoms with van der Waals surface area (Å²) in [5.41, 5.74) is 1.41. The maximum atomic E-state index is 13.6. The number of anilines is 1. The molecule has 0 bridgehead atoms. The number of nitrogens with zero attached hydrogens (tertiary/aromatic N) is 2. The van der Waals surface area contributed by atoms with Crippen molar-refractivity contribution in [2.75, 3.05) is 19.0 Å². The Morgan fingerprint density at radius 2 is 1.84 bits per heavy atom. The fourth-order valence-corrected chi connectivity index (χ4v) is 6.42. The molecule has 0 spiro atoms. The van der Waals surface area contributed by atoms with Gasteiger partial charge >= 0.3 is 6.09 Å². The summed E-state index contributed by atoms with van der Waals surface area (Å²) in [7, 11) is -2.55. The number of sulfonamides is 1. The van der Waals surface area contributed by atoms with Crippen molar-refractivity contribution in [3.63, 3.8) is 0 Å². The minimum Gasteiger partial charge on any atom is -0.497 e. The van der Waals surface area contributed by atoms with Gasteiger partial charge in [0, 0.05) is 5.69 Å². The Morgan fingerprint density at radius 3 is 2.56 bits per heavy atom. The molecule has 13 heteroatoms. The number of nitrogens with one attached hydrogen (secondary N) is 3. The molecule has 3 aromatic carbocycles. The van der Waals surface area contributed by atoms with Crippen LogP contribution in [-0.2, 0) is 26.0 Å². The highest BCUT2D eigenvalue weighted by molar-refractivity contribution is 7.89. The van der Waals surface area contributed by atoms with Crippen molar-refractivity contribution in [1.29, 1.82) is 5.26 Å². The smallest absolute Gasteiger partial charge is 0.408 e. The largest absolute Gasteiger partial charge is 0.497 e. The zero-order valence-corrected chi connectivity index (χ0v) is 25.6. The van der Waals surface area contributed by atoms with Crippen LogP contribution >= 0.6 is 11.3 Å². The minimum atomic E-state index is -4.11. The molecule has 0 aliphatic carbocycles. The summed E-state index contributed by atoms with van der Waals surface area (Å²) in [6, 6.07) is 19.5. The van der Waals surface area contributed by atoms with Crippen LogP contribution in [0.5, 0.6) is 5.75 Å². The number of methoxy groups -OCH3 is 1. The summed E-state index contributed by atoms with van der Waals surface area (Å²) in [5, 5.41) is 14.8. The van der Waals surface area contributed by atoms with Gasteiger partial charge < -0.3 is 20.1 Å². The lowest BCUT2D eigenvalue weighted by atomic mass is 10.0. The van der Waals surface area contributed by atoms with Gasteiger partial charge in [-0.15, -0.1) is 11.3 Å². The Bertz CT molecular complexity index is 1790. The van der Waals surface area contributed by atoms with Gasteiger partial charge in [0.1, 0.15) is 22.9 Å². The Kier molecular flexibility index (Phi) is 9.65. The summed E-state index contributed by atoms with van der Waals surface area (Å²) in [6.45, 7) is 4.74. The fraction of sp³-hybridized carbons (Fsp3) is 0.267. The number of amides is 2. The number of alkyl carbamates (subject to hydrolysis) is 1. The van der Waals surface area contributed by atoms with Crippen molar-refractivity contribution in [3.8, 4) is 11.8 Å². The number of rotatable bonds is 10. The second-order valence-electron chi connectivity index (χ2n) is 10.5. The lowest BCUT2D eigenvalue weighted by Crippen LogP contribution is -2.37. The lowest BCUT2D eigenvalue weighted by Gasteiger charge is -2.19. The van der Waals surface area contributed by atoms with E-state index in [9.17, 15) is 23.3 Å². The molecule has 0 fully saturated rings. The van der Waals surface area contributed by atoms with Crippen molar-refractivity contribution in [2.45, 2.75) is 43.7 Å². The highest BCUT2D eigenvalue weighted by Gasteiger charge is 2.25. The molecular formula is C30H31N5O6S2. The number of carbonyl (C=O) groups excluding carboxylic acids is 2. The zero-order chi connectivity index (χ0) is 31.2. The molecule has 0 saturated heterocycles. The van der Waals surface area contributed by atoms with Crippen molar-refractivity contribution < 1.29 is 27.5 Å². The molecule has 1 aromatic heterocycles. The van der Waals surface area contributed by atoms with Gasteiger partial charge in [0.2, 0.25) is 15.9 Å². The Labute approximate surface area is 253 Å². The van der Waals surface area contributed by atoms with E-state index in [0.717, 1.165) is 10.3 Å². The van der Waals surface area contributed by atoms with E-state index in [4.69, 9.17) is 9.47 Å². The highest BCUT2D eigenvalue weighted by atomic mass is 32.2. The van der Waals surface area contributed by atoms with Crippen molar-refractivity contribution in [1.82, 2.24) is 15.0 Å². The molecule has 0 aliphatic rings. The van der Waals surface area contributed by atoms with E-state index in [1.807, 2.05) is 12.1 Å². The summed E-state index contributed by atoms with van der Waals surface area (Å²) < 4.78 is 41.3. The third-order valence-electron chi connectivity index (χ3n) is 5.92. The minimum absolute atomic E-state index is 0.0797. The first-order valence-corrected chi connectivity index (χ1v) is 15.5. The normalized spacial score (nSPS) is 12.3. The first kappa shape index (κ1) is 31.4. The Hall–Kier alpha value is -4.51. The van der Waals surface area contributed by atoms with Crippen LogP contribution in [0, 0.1) is 11.3 Å². The standard InChI is InChI=1S/C30H31N5O6S2/c1-30(2,3)41-29(37)32-18-27(36)33-21-9-6-10-23(15-21)43(38,39)35-25(14-19-7-5-8-20(13-19)17-31)28-34-24-12-11-22(40-4)16-26(24)42-28/h5-13,15-16,25,35H,14,18H2,1-4H3,(H,32,37)(H,33,36). The number of benzene rings is 3. The molecule has 0 saturated carbocycles. The predicted octanol–water partition coefficient (Wildman–Crippen LogP) is 4.90. The fourth-order valence-electron chi connectivity index (χ4n) is 4.05. The van der Waals surface area contributed by atoms with E-state index in [-0.39, 0.29) is 23.5 Å². The van der Waals surface area contributed by atoms with Crippen LogP contribution in [-0.4, -0.2) is 44.7 Å². The molecule has 2 amide bonds. The molecular weight excluding hydrogens is 590 g/mol. The molecule has 0 radical (unpaired) electrons. The van der Waals surface area contributed by atoms with E-state index in [1.165, 1.54) is 35.6 Å². The topological polar surface area (TPSA) is 160 Å². The second kappa shape index (κ2) is 13.2. The van der Waals surface area contributed by atoms with E-state index >= 15 is 0 Å². The maximum absolute atomic E-state index is 13.6. The van der Waals surface area contributed by atoms with Gasteiger partial charge in [-0.2, -0.15) is 5.26 Å². The van der Waals surface area contributed by atoms with E-state index < -0.39 is 33.7 Å². The number of fused-ring (bicyclic) bond motifs is 1. The van der Waals surface area contributed by atoms with Gasteiger partial charge in [-0.25, -0.2) is 22.9 Å². The first-order valence-electron chi connectivity index (χ1n) is 13.2. The number of carbonyl (C=O) groups is 2. The van der Waals surface area contributed by atoms with Crippen LogP contribution in [0.3, 0.4) is 0 Å². The molecule has 224 valence electrons. The van der Waals surface area contributed by atoms with Gasteiger partial charge in [-0.3, -0.25) is 4.79 Å². The number of ether oxygens (including phenoxy) is 2. The monoisotopic (exact) mass is 621 g/mol. The molecule has 0 aliphatic heterocycles. The highest BCUT2D eigenvalue weighted by Crippen LogP contribution is 2.32. The third-order valence-corrected chi connectivity index (χ3v) is 8.53. The molecule has 1 atom stereocenters.